The zero-order chi connectivity index (χ0) is 13.8. The number of benzene rings is 1. The average molecular weight is 264 g/mol. The normalized spacial score (nSPS) is 21.6. The van der Waals surface area contributed by atoms with Crippen LogP contribution in [0.25, 0.3) is 0 Å². The molecule has 1 fully saturated rings. The summed E-state index contributed by atoms with van der Waals surface area (Å²) in [6.07, 6.45) is 3.72. The predicted molar refractivity (Wildman–Crippen MR) is 77.8 cm³/mol. The van der Waals surface area contributed by atoms with Crippen molar-refractivity contribution in [3.8, 4) is 0 Å². The van der Waals surface area contributed by atoms with Crippen molar-refractivity contribution in [3.05, 3.63) is 35.1 Å². The van der Waals surface area contributed by atoms with Crippen molar-refractivity contribution in [1.82, 2.24) is 10.2 Å². The van der Waals surface area contributed by atoms with Crippen molar-refractivity contribution in [2.45, 2.75) is 32.2 Å². The summed E-state index contributed by atoms with van der Waals surface area (Å²) in [5.74, 6) is 0.618. The van der Waals surface area contributed by atoms with Gasteiger partial charge in [-0.1, -0.05) is 12.1 Å². The number of halogens is 1. The molecule has 2 rings (SSSR count). The van der Waals surface area contributed by atoms with E-state index < -0.39 is 0 Å². The smallest absolute Gasteiger partial charge is 0.126 e. The van der Waals surface area contributed by atoms with E-state index in [1.54, 1.807) is 6.07 Å². The highest BCUT2D eigenvalue weighted by atomic mass is 19.1. The van der Waals surface area contributed by atoms with Gasteiger partial charge in [-0.15, -0.1) is 0 Å². The molecular weight excluding hydrogens is 239 g/mol. The molecule has 0 saturated carbocycles. The minimum Gasteiger partial charge on any atom is -0.316 e. The van der Waals surface area contributed by atoms with Gasteiger partial charge in [0.1, 0.15) is 5.82 Å². The minimum atomic E-state index is -0.111. The quantitative estimate of drug-likeness (QED) is 0.899. The Bertz CT molecular complexity index is 411. The number of nitrogens with zero attached hydrogens (tertiary/aromatic N) is 1. The highest BCUT2D eigenvalue weighted by Crippen LogP contribution is 2.29. The second kappa shape index (κ2) is 6.49. The topological polar surface area (TPSA) is 15.3 Å². The van der Waals surface area contributed by atoms with Crippen molar-refractivity contribution in [2.24, 2.45) is 5.92 Å². The molecule has 1 heterocycles. The van der Waals surface area contributed by atoms with Crippen LogP contribution in [0.15, 0.2) is 18.2 Å². The van der Waals surface area contributed by atoms with Gasteiger partial charge in [0.2, 0.25) is 0 Å². The van der Waals surface area contributed by atoms with Gasteiger partial charge in [0.15, 0.2) is 0 Å². The zero-order valence-electron chi connectivity index (χ0n) is 12.2. The van der Waals surface area contributed by atoms with E-state index in [9.17, 15) is 4.39 Å². The molecule has 1 aromatic carbocycles. The predicted octanol–water partition coefficient (Wildman–Crippen LogP) is 3.13. The molecule has 1 N–H and O–H groups in total. The van der Waals surface area contributed by atoms with E-state index in [0.29, 0.717) is 6.04 Å². The van der Waals surface area contributed by atoms with E-state index in [1.807, 2.05) is 19.1 Å². The highest BCUT2D eigenvalue weighted by Gasteiger charge is 2.22. The van der Waals surface area contributed by atoms with Gasteiger partial charge in [-0.2, -0.15) is 0 Å². The Labute approximate surface area is 116 Å². The summed E-state index contributed by atoms with van der Waals surface area (Å²) in [7, 11) is 4.22. The third-order valence-electron chi connectivity index (χ3n) is 4.15. The van der Waals surface area contributed by atoms with Crippen molar-refractivity contribution in [3.63, 3.8) is 0 Å². The summed E-state index contributed by atoms with van der Waals surface area (Å²) in [6, 6.07) is 5.91. The summed E-state index contributed by atoms with van der Waals surface area (Å²) < 4.78 is 13.4. The summed E-state index contributed by atoms with van der Waals surface area (Å²) in [6.45, 7) is 4.11. The average Bonchev–Trinajstić information content (AvgIpc) is 2.40. The second-order valence-electron chi connectivity index (χ2n) is 5.94. The largest absolute Gasteiger partial charge is 0.316 e. The van der Waals surface area contributed by atoms with Crippen LogP contribution in [0.5, 0.6) is 0 Å². The Morgan fingerprint density at radius 3 is 2.79 bits per heavy atom. The third kappa shape index (κ3) is 3.77. The van der Waals surface area contributed by atoms with Crippen molar-refractivity contribution in [1.29, 1.82) is 0 Å². The number of hydrogen-bond acceptors (Lipinski definition) is 2. The molecule has 0 aromatic heterocycles. The molecule has 0 spiro atoms. The SMILES string of the molecule is Cc1cc(C(CC2CCCNC2)N(C)C)ccc1F. The van der Waals surface area contributed by atoms with Crippen LogP contribution in [0, 0.1) is 18.7 Å². The zero-order valence-corrected chi connectivity index (χ0v) is 12.2. The molecule has 2 nitrogen and oxygen atoms in total. The van der Waals surface area contributed by atoms with Gasteiger partial charge in [0.25, 0.3) is 0 Å². The Kier molecular flexibility index (Phi) is 4.94. The van der Waals surface area contributed by atoms with Crippen molar-refractivity contribution in [2.75, 3.05) is 27.2 Å². The van der Waals surface area contributed by atoms with Gasteiger partial charge in [0.05, 0.1) is 0 Å². The molecule has 0 aliphatic carbocycles. The lowest BCUT2D eigenvalue weighted by molar-refractivity contribution is 0.225. The number of nitrogens with one attached hydrogen (secondary N) is 1. The third-order valence-corrected chi connectivity index (χ3v) is 4.15. The maximum absolute atomic E-state index is 13.4. The standard InChI is InChI=1S/C16H25FN2/c1-12-9-14(6-7-15(12)17)16(19(2)3)10-13-5-4-8-18-11-13/h6-7,9,13,16,18H,4-5,8,10-11H2,1-3H3. The molecule has 0 bridgehead atoms. The van der Waals surface area contributed by atoms with Crippen LogP contribution in [0.1, 0.15) is 36.4 Å². The molecule has 3 heteroatoms. The van der Waals surface area contributed by atoms with Crippen LogP contribution >= 0.6 is 0 Å². The Morgan fingerprint density at radius 1 is 1.42 bits per heavy atom. The minimum absolute atomic E-state index is 0.111. The van der Waals surface area contributed by atoms with E-state index in [0.717, 1.165) is 31.0 Å². The van der Waals surface area contributed by atoms with E-state index in [4.69, 9.17) is 0 Å². The maximum Gasteiger partial charge on any atom is 0.126 e. The molecule has 0 radical (unpaired) electrons. The van der Waals surface area contributed by atoms with Gasteiger partial charge in [-0.25, -0.2) is 4.39 Å². The highest BCUT2D eigenvalue weighted by molar-refractivity contribution is 5.26. The van der Waals surface area contributed by atoms with Crippen LogP contribution in [0.3, 0.4) is 0 Å². The van der Waals surface area contributed by atoms with Gasteiger partial charge in [0, 0.05) is 6.04 Å². The molecule has 1 aliphatic rings. The van der Waals surface area contributed by atoms with Crippen molar-refractivity contribution < 1.29 is 4.39 Å². The first-order valence-corrected chi connectivity index (χ1v) is 7.21. The Balaban J connectivity index is 2.12. The van der Waals surface area contributed by atoms with Crippen LogP contribution < -0.4 is 5.32 Å². The van der Waals surface area contributed by atoms with E-state index in [2.05, 4.69) is 24.3 Å². The molecule has 2 atom stereocenters. The molecular formula is C16H25FN2. The van der Waals surface area contributed by atoms with E-state index in [-0.39, 0.29) is 5.82 Å². The van der Waals surface area contributed by atoms with Gasteiger partial charge in [-0.05, 0) is 76.5 Å². The Hall–Kier alpha value is -0.930. The maximum atomic E-state index is 13.4. The van der Waals surface area contributed by atoms with Crippen molar-refractivity contribution >= 4 is 0 Å². The van der Waals surface area contributed by atoms with Gasteiger partial charge >= 0.3 is 0 Å². The van der Waals surface area contributed by atoms with E-state index >= 15 is 0 Å². The molecule has 106 valence electrons. The summed E-state index contributed by atoms with van der Waals surface area (Å²) in [5, 5.41) is 3.47. The number of piperidine rings is 1. The molecule has 19 heavy (non-hydrogen) atoms. The molecule has 2 unspecified atom stereocenters. The van der Waals surface area contributed by atoms with Crippen LogP contribution in [0.2, 0.25) is 0 Å². The first-order valence-electron chi connectivity index (χ1n) is 7.21. The molecule has 1 saturated heterocycles. The lowest BCUT2D eigenvalue weighted by atomic mass is 9.88. The summed E-state index contributed by atoms with van der Waals surface area (Å²) in [4.78, 5) is 2.25. The number of aryl methyl sites for hydroxylation is 1. The fourth-order valence-corrected chi connectivity index (χ4v) is 2.96. The number of rotatable bonds is 4. The van der Waals surface area contributed by atoms with Crippen LogP contribution in [0.4, 0.5) is 4.39 Å². The lowest BCUT2D eigenvalue weighted by Crippen LogP contribution is -2.33. The van der Waals surface area contributed by atoms with Crippen LogP contribution in [-0.4, -0.2) is 32.1 Å². The monoisotopic (exact) mass is 264 g/mol. The number of hydrogen-bond donors (Lipinski definition) is 1. The van der Waals surface area contributed by atoms with E-state index in [1.165, 1.54) is 18.4 Å². The van der Waals surface area contributed by atoms with Gasteiger partial charge in [-0.3, -0.25) is 0 Å². The molecule has 1 aliphatic heterocycles. The fourth-order valence-electron chi connectivity index (χ4n) is 2.96. The molecule has 1 aromatic rings. The second-order valence-corrected chi connectivity index (χ2v) is 5.94. The lowest BCUT2D eigenvalue weighted by Gasteiger charge is -2.31. The first kappa shape index (κ1) is 14.5. The molecule has 0 amide bonds. The fraction of sp³-hybridized carbons (Fsp3) is 0.625. The van der Waals surface area contributed by atoms with Gasteiger partial charge < -0.3 is 10.2 Å². The Morgan fingerprint density at radius 2 is 2.21 bits per heavy atom. The summed E-state index contributed by atoms with van der Waals surface area (Å²) >= 11 is 0. The van der Waals surface area contributed by atoms with Crippen LogP contribution in [-0.2, 0) is 0 Å². The first-order chi connectivity index (χ1) is 9.08. The summed E-state index contributed by atoms with van der Waals surface area (Å²) in [5.41, 5.74) is 1.97.